The van der Waals surface area contributed by atoms with Crippen molar-refractivity contribution in [1.29, 1.82) is 0 Å². The number of phenols is 2. The summed E-state index contributed by atoms with van der Waals surface area (Å²) in [6.45, 7) is 11.1. The van der Waals surface area contributed by atoms with Gasteiger partial charge >= 0.3 is 0 Å². The maximum Gasteiger partial charge on any atom is 0.116 e. The predicted octanol–water partition coefficient (Wildman–Crippen LogP) is 5.81. The van der Waals surface area contributed by atoms with E-state index in [2.05, 4.69) is 20.8 Å². The normalized spacial score (nSPS) is 14.3. The van der Waals surface area contributed by atoms with Gasteiger partial charge in [-0.15, -0.1) is 0 Å². The first-order valence-corrected chi connectivity index (χ1v) is 9.79. The predicted molar refractivity (Wildman–Crippen MR) is 113 cm³/mol. The van der Waals surface area contributed by atoms with Crippen molar-refractivity contribution in [2.24, 2.45) is 11.7 Å². The number of hydrogen-bond acceptors (Lipinski definition) is 3. The minimum absolute atomic E-state index is 0.322. The van der Waals surface area contributed by atoms with E-state index in [0.717, 1.165) is 24.3 Å². The molecule has 26 heavy (non-hydrogen) atoms. The van der Waals surface area contributed by atoms with Gasteiger partial charge in [-0.25, -0.2) is 0 Å². The Bertz CT molecular complexity index is 579. The van der Waals surface area contributed by atoms with Crippen LogP contribution in [0.2, 0.25) is 0 Å². The maximum absolute atomic E-state index is 9.51. The van der Waals surface area contributed by atoms with Crippen molar-refractivity contribution < 1.29 is 10.2 Å². The molecule has 3 heteroatoms. The average Bonchev–Trinajstić information content (AvgIpc) is 2.65. The molecule has 0 amide bonds. The Morgan fingerprint density at radius 3 is 2.04 bits per heavy atom. The van der Waals surface area contributed by atoms with Gasteiger partial charge in [-0.2, -0.15) is 0 Å². The fourth-order valence-corrected chi connectivity index (χ4v) is 2.73. The summed E-state index contributed by atoms with van der Waals surface area (Å²) in [6.07, 6.45) is 4.67. The average molecular weight is 360 g/mol. The van der Waals surface area contributed by atoms with Crippen LogP contribution in [-0.2, 0) is 19.4 Å². The van der Waals surface area contributed by atoms with Crippen LogP contribution in [0.3, 0.4) is 0 Å². The molecule has 3 rings (SSSR count). The van der Waals surface area contributed by atoms with Crippen molar-refractivity contribution in [2.75, 3.05) is 0 Å². The number of aryl methyl sites for hydroxylation is 1. The van der Waals surface area contributed by atoms with Crippen molar-refractivity contribution >= 4 is 0 Å². The minimum Gasteiger partial charge on any atom is -0.508 e. The zero-order valence-corrected chi connectivity index (χ0v) is 17.1. The van der Waals surface area contributed by atoms with Crippen molar-refractivity contribution in [3.63, 3.8) is 0 Å². The molecule has 0 spiro atoms. The van der Waals surface area contributed by atoms with E-state index in [4.69, 9.17) is 10.8 Å². The first kappa shape index (κ1) is 24.0. The maximum atomic E-state index is 9.51. The third-order valence-electron chi connectivity index (χ3n) is 3.85. The zero-order valence-electron chi connectivity index (χ0n) is 17.1. The van der Waals surface area contributed by atoms with Crippen LogP contribution < -0.4 is 5.73 Å². The van der Waals surface area contributed by atoms with Gasteiger partial charge in [0.25, 0.3) is 0 Å². The van der Waals surface area contributed by atoms with E-state index in [1.54, 1.807) is 30.3 Å². The Balaban J connectivity index is 0.000000437. The second-order valence-corrected chi connectivity index (χ2v) is 6.34. The Hall–Kier alpha value is -2.00. The molecule has 1 aliphatic rings. The highest BCUT2D eigenvalue weighted by molar-refractivity contribution is 5.43. The molecule has 0 heterocycles. The molecule has 0 fully saturated rings. The summed E-state index contributed by atoms with van der Waals surface area (Å²) in [5, 5.41) is 18.1. The van der Waals surface area contributed by atoms with Crippen molar-refractivity contribution in [2.45, 2.75) is 66.8 Å². The van der Waals surface area contributed by atoms with Gasteiger partial charge in [0.1, 0.15) is 11.5 Å². The lowest BCUT2D eigenvalue weighted by Gasteiger charge is -2.24. The number of para-hydroxylation sites is 1. The highest BCUT2D eigenvalue weighted by Gasteiger charge is 2.18. The van der Waals surface area contributed by atoms with Crippen LogP contribution in [0, 0.1) is 5.92 Å². The first-order valence-electron chi connectivity index (χ1n) is 9.79. The van der Waals surface area contributed by atoms with E-state index in [-0.39, 0.29) is 0 Å². The van der Waals surface area contributed by atoms with Crippen LogP contribution in [-0.4, -0.2) is 10.2 Å². The Labute approximate surface area is 159 Å². The highest BCUT2D eigenvalue weighted by Crippen LogP contribution is 2.30. The summed E-state index contributed by atoms with van der Waals surface area (Å²) in [6, 6.07) is 12.4. The van der Waals surface area contributed by atoms with Crippen LogP contribution in [0.25, 0.3) is 0 Å². The van der Waals surface area contributed by atoms with Gasteiger partial charge < -0.3 is 15.9 Å². The lowest BCUT2D eigenvalue weighted by molar-refractivity contribution is 0.464. The number of fused-ring (bicyclic) bond motifs is 1. The SMILES string of the molecule is CC.CC1CCc2cc(O)cc(CN)c2C1.CCC.Oc1ccccc1. The molecule has 0 saturated carbocycles. The van der Waals surface area contributed by atoms with Gasteiger partial charge in [-0.1, -0.05) is 59.2 Å². The molecule has 0 aliphatic heterocycles. The smallest absolute Gasteiger partial charge is 0.116 e. The van der Waals surface area contributed by atoms with E-state index in [1.807, 2.05) is 26.0 Å². The Morgan fingerprint density at radius 1 is 1.00 bits per heavy atom. The van der Waals surface area contributed by atoms with Gasteiger partial charge in [0.05, 0.1) is 0 Å². The third-order valence-corrected chi connectivity index (χ3v) is 3.85. The zero-order chi connectivity index (χ0) is 19.9. The van der Waals surface area contributed by atoms with Gasteiger partial charge in [0.2, 0.25) is 0 Å². The molecule has 2 aromatic rings. The van der Waals surface area contributed by atoms with E-state index >= 15 is 0 Å². The summed E-state index contributed by atoms with van der Waals surface area (Å²) in [5.41, 5.74) is 9.47. The molecule has 0 saturated heterocycles. The fraction of sp³-hybridized carbons (Fsp3) is 0.478. The number of hydrogen-bond donors (Lipinski definition) is 3. The molecule has 4 N–H and O–H groups in total. The summed E-state index contributed by atoms with van der Waals surface area (Å²) >= 11 is 0. The molecular formula is C23H37NO2. The quantitative estimate of drug-likeness (QED) is 0.602. The van der Waals surface area contributed by atoms with Gasteiger partial charge in [-0.05, 0) is 66.1 Å². The van der Waals surface area contributed by atoms with E-state index < -0.39 is 0 Å². The van der Waals surface area contributed by atoms with E-state index in [9.17, 15) is 5.11 Å². The molecule has 3 nitrogen and oxygen atoms in total. The lowest BCUT2D eigenvalue weighted by atomic mass is 9.82. The van der Waals surface area contributed by atoms with Crippen molar-refractivity contribution in [3.05, 3.63) is 59.2 Å². The van der Waals surface area contributed by atoms with Gasteiger partial charge in [0.15, 0.2) is 0 Å². The highest BCUT2D eigenvalue weighted by atomic mass is 16.3. The second kappa shape index (κ2) is 14.2. The van der Waals surface area contributed by atoms with Crippen LogP contribution in [0.4, 0.5) is 0 Å². The van der Waals surface area contributed by atoms with E-state index in [0.29, 0.717) is 18.0 Å². The first-order chi connectivity index (χ1) is 12.5. The van der Waals surface area contributed by atoms with E-state index in [1.165, 1.54) is 24.0 Å². The molecule has 0 radical (unpaired) electrons. The van der Waals surface area contributed by atoms with Crippen molar-refractivity contribution in [1.82, 2.24) is 0 Å². The van der Waals surface area contributed by atoms with Crippen molar-refractivity contribution in [3.8, 4) is 11.5 Å². The summed E-state index contributed by atoms with van der Waals surface area (Å²) < 4.78 is 0. The number of benzene rings is 2. The largest absolute Gasteiger partial charge is 0.508 e. The monoisotopic (exact) mass is 359 g/mol. The van der Waals surface area contributed by atoms with Gasteiger partial charge in [-0.3, -0.25) is 0 Å². The van der Waals surface area contributed by atoms with Crippen LogP contribution in [0.1, 0.15) is 64.2 Å². The summed E-state index contributed by atoms with van der Waals surface area (Å²) in [5.74, 6) is 1.43. The molecule has 1 atom stereocenters. The molecule has 0 aromatic heterocycles. The molecular weight excluding hydrogens is 322 g/mol. The molecule has 0 bridgehead atoms. The summed E-state index contributed by atoms with van der Waals surface area (Å²) in [7, 11) is 0. The molecule has 1 unspecified atom stereocenters. The number of phenolic OH excluding ortho intramolecular Hbond substituents is 2. The topological polar surface area (TPSA) is 66.5 Å². The number of aromatic hydroxyl groups is 2. The van der Waals surface area contributed by atoms with Crippen LogP contribution in [0.5, 0.6) is 11.5 Å². The fourth-order valence-electron chi connectivity index (χ4n) is 2.73. The molecule has 2 aromatic carbocycles. The Morgan fingerprint density at radius 2 is 1.58 bits per heavy atom. The second-order valence-electron chi connectivity index (χ2n) is 6.34. The number of nitrogens with two attached hydrogens (primary N) is 1. The molecule has 1 aliphatic carbocycles. The van der Waals surface area contributed by atoms with Gasteiger partial charge in [0, 0.05) is 6.54 Å². The Kier molecular flexibility index (Phi) is 13.1. The van der Waals surface area contributed by atoms with Crippen LogP contribution >= 0.6 is 0 Å². The number of rotatable bonds is 1. The lowest BCUT2D eigenvalue weighted by Crippen LogP contribution is -2.15. The summed E-state index contributed by atoms with van der Waals surface area (Å²) in [4.78, 5) is 0. The standard InChI is InChI=1S/C12H17NO.C6H6O.C3H8.C2H6/c1-8-2-3-9-5-11(14)6-10(7-13)12(9)4-8;7-6-4-2-1-3-5-6;1-3-2;1-2/h5-6,8,14H,2-4,7,13H2,1H3;1-5,7H;3H2,1-2H3;1-2H3. The minimum atomic E-state index is 0.322. The third kappa shape index (κ3) is 8.91. The molecule has 146 valence electrons. The van der Waals surface area contributed by atoms with Crippen LogP contribution in [0.15, 0.2) is 42.5 Å².